The highest BCUT2D eigenvalue weighted by Gasteiger charge is 2.35. The zero-order valence-electron chi connectivity index (χ0n) is 9.29. The van der Waals surface area contributed by atoms with Gasteiger partial charge in [-0.05, 0) is 0 Å². The SMILES string of the molecule is CN(C)S(=O)(=O)N1CCSCC1CC(=O)O. The Kier molecular flexibility index (Phi) is 4.60. The summed E-state index contributed by atoms with van der Waals surface area (Å²) in [7, 11) is -0.598. The first-order chi connectivity index (χ1) is 7.35. The summed E-state index contributed by atoms with van der Waals surface area (Å²) in [5, 5.41) is 8.74. The van der Waals surface area contributed by atoms with Crippen LogP contribution in [0, 0.1) is 0 Å². The number of carboxylic acids is 1. The summed E-state index contributed by atoms with van der Waals surface area (Å²) < 4.78 is 26.3. The third kappa shape index (κ3) is 3.09. The molecule has 1 saturated heterocycles. The van der Waals surface area contributed by atoms with E-state index in [0.29, 0.717) is 18.1 Å². The average molecular weight is 268 g/mol. The lowest BCUT2D eigenvalue weighted by Gasteiger charge is -2.35. The molecule has 0 aromatic carbocycles. The summed E-state index contributed by atoms with van der Waals surface area (Å²) in [6, 6.07) is -0.441. The van der Waals surface area contributed by atoms with Gasteiger partial charge in [-0.3, -0.25) is 4.79 Å². The van der Waals surface area contributed by atoms with E-state index in [9.17, 15) is 13.2 Å². The number of thioether (sulfide) groups is 1. The maximum absolute atomic E-state index is 11.9. The van der Waals surface area contributed by atoms with E-state index in [0.717, 1.165) is 4.31 Å². The molecule has 6 nitrogen and oxygen atoms in total. The lowest BCUT2D eigenvalue weighted by Crippen LogP contribution is -2.51. The van der Waals surface area contributed by atoms with Crippen LogP contribution in [0.25, 0.3) is 0 Å². The fourth-order valence-corrected chi connectivity index (χ4v) is 4.06. The van der Waals surface area contributed by atoms with E-state index < -0.39 is 22.2 Å². The maximum atomic E-state index is 11.9. The first kappa shape index (κ1) is 13.8. The maximum Gasteiger partial charge on any atom is 0.305 e. The Bertz CT molecular complexity index is 355. The lowest BCUT2D eigenvalue weighted by molar-refractivity contribution is -0.137. The van der Waals surface area contributed by atoms with E-state index in [2.05, 4.69) is 0 Å². The highest BCUT2D eigenvalue weighted by molar-refractivity contribution is 7.99. The molecule has 0 bridgehead atoms. The van der Waals surface area contributed by atoms with Crippen LogP contribution in [0.4, 0.5) is 0 Å². The van der Waals surface area contributed by atoms with Crippen molar-refractivity contribution in [3.05, 3.63) is 0 Å². The number of nitrogens with zero attached hydrogens (tertiary/aromatic N) is 2. The fourth-order valence-electron chi connectivity index (χ4n) is 1.52. The van der Waals surface area contributed by atoms with E-state index in [1.54, 1.807) is 11.8 Å². The fraction of sp³-hybridized carbons (Fsp3) is 0.875. The van der Waals surface area contributed by atoms with Gasteiger partial charge in [0.15, 0.2) is 0 Å². The van der Waals surface area contributed by atoms with Crippen LogP contribution in [-0.2, 0) is 15.0 Å². The normalized spacial score (nSPS) is 23.6. The van der Waals surface area contributed by atoms with Gasteiger partial charge < -0.3 is 5.11 Å². The molecule has 0 radical (unpaired) electrons. The number of rotatable bonds is 4. The number of carboxylic acid groups (broad SMARTS) is 1. The monoisotopic (exact) mass is 268 g/mol. The predicted molar refractivity (Wildman–Crippen MR) is 62.7 cm³/mol. The molecule has 1 atom stereocenters. The summed E-state index contributed by atoms with van der Waals surface area (Å²) in [4.78, 5) is 10.7. The second-order valence-corrected chi connectivity index (χ2v) is 6.97. The van der Waals surface area contributed by atoms with Gasteiger partial charge in [0.1, 0.15) is 0 Å². The first-order valence-corrected chi connectivity index (χ1v) is 7.39. The average Bonchev–Trinajstić information content (AvgIpc) is 2.17. The lowest BCUT2D eigenvalue weighted by atomic mass is 10.2. The molecule has 1 rings (SSSR count). The van der Waals surface area contributed by atoms with Gasteiger partial charge in [0.25, 0.3) is 10.2 Å². The number of hydrogen-bond donors (Lipinski definition) is 1. The minimum atomic E-state index is -3.50. The summed E-state index contributed by atoms with van der Waals surface area (Å²) in [6.45, 7) is 0.378. The molecular formula is C8H16N2O4S2. The van der Waals surface area contributed by atoms with Crippen molar-refractivity contribution in [1.29, 1.82) is 0 Å². The van der Waals surface area contributed by atoms with Gasteiger partial charge >= 0.3 is 5.97 Å². The van der Waals surface area contributed by atoms with Crippen LogP contribution in [0.3, 0.4) is 0 Å². The topological polar surface area (TPSA) is 77.9 Å². The Hall–Kier alpha value is -0.310. The van der Waals surface area contributed by atoms with Crippen LogP contribution in [0.1, 0.15) is 6.42 Å². The van der Waals surface area contributed by atoms with E-state index in [1.807, 2.05) is 0 Å². The van der Waals surface area contributed by atoms with E-state index in [4.69, 9.17) is 5.11 Å². The molecule has 8 heteroatoms. The third-order valence-electron chi connectivity index (χ3n) is 2.34. The molecule has 1 aliphatic rings. The molecule has 1 fully saturated rings. The Labute approximate surface area is 99.8 Å². The predicted octanol–water partition coefficient (Wildman–Crippen LogP) is -0.315. The summed E-state index contributed by atoms with van der Waals surface area (Å²) >= 11 is 1.59. The molecule has 1 aliphatic heterocycles. The standard InChI is InChI=1S/C8H16N2O4S2/c1-9(2)16(13,14)10-3-4-15-6-7(10)5-8(11)12/h7H,3-6H2,1-2H3,(H,11,12). The van der Waals surface area contributed by atoms with Crippen molar-refractivity contribution < 1.29 is 18.3 Å². The van der Waals surface area contributed by atoms with Crippen LogP contribution in [-0.4, -0.2) is 66.3 Å². The van der Waals surface area contributed by atoms with Gasteiger partial charge in [0.05, 0.1) is 6.42 Å². The Morgan fingerprint density at radius 2 is 2.19 bits per heavy atom. The Morgan fingerprint density at radius 1 is 1.56 bits per heavy atom. The highest BCUT2D eigenvalue weighted by Crippen LogP contribution is 2.22. The van der Waals surface area contributed by atoms with Crippen molar-refractivity contribution in [3.8, 4) is 0 Å². The molecule has 0 saturated carbocycles. The smallest absolute Gasteiger partial charge is 0.305 e. The van der Waals surface area contributed by atoms with Gasteiger partial charge in [-0.15, -0.1) is 0 Å². The third-order valence-corrected chi connectivity index (χ3v) is 5.43. The second kappa shape index (κ2) is 5.35. The summed E-state index contributed by atoms with van der Waals surface area (Å²) in [5.41, 5.74) is 0. The summed E-state index contributed by atoms with van der Waals surface area (Å²) in [6.07, 6.45) is -0.139. The molecule has 1 unspecified atom stereocenters. The van der Waals surface area contributed by atoms with E-state index in [1.165, 1.54) is 18.4 Å². The van der Waals surface area contributed by atoms with Crippen molar-refractivity contribution in [3.63, 3.8) is 0 Å². The van der Waals surface area contributed by atoms with Gasteiger partial charge in [-0.2, -0.15) is 28.8 Å². The molecule has 0 aromatic rings. The molecule has 16 heavy (non-hydrogen) atoms. The van der Waals surface area contributed by atoms with E-state index >= 15 is 0 Å². The van der Waals surface area contributed by atoms with Gasteiger partial charge in [-0.25, -0.2) is 0 Å². The molecule has 0 aromatic heterocycles. The molecule has 1 heterocycles. The van der Waals surface area contributed by atoms with Crippen LogP contribution in [0.2, 0.25) is 0 Å². The first-order valence-electron chi connectivity index (χ1n) is 4.84. The van der Waals surface area contributed by atoms with Crippen LogP contribution in [0.5, 0.6) is 0 Å². The highest BCUT2D eigenvalue weighted by atomic mass is 32.2. The minimum absolute atomic E-state index is 0.139. The van der Waals surface area contributed by atoms with E-state index in [-0.39, 0.29) is 6.42 Å². The van der Waals surface area contributed by atoms with Crippen molar-refractivity contribution in [2.75, 3.05) is 32.1 Å². The van der Waals surface area contributed by atoms with Gasteiger partial charge in [-0.1, -0.05) is 0 Å². The zero-order valence-corrected chi connectivity index (χ0v) is 10.9. The van der Waals surface area contributed by atoms with Crippen LogP contribution < -0.4 is 0 Å². The quantitative estimate of drug-likeness (QED) is 0.756. The van der Waals surface area contributed by atoms with Crippen molar-refractivity contribution in [2.45, 2.75) is 12.5 Å². The van der Waals surface area contributed by atoms with Gasteiger partial charge in [0, 0.05) is 38.2 Å². The van der Waals surface area contributed by atoms with Crippen molar-refractivity contribution >= 4 is 27.9 Å². The minimum Gasteiger partial charge on any atom is -0.481 e. The summed E-state index contributed by atoms with van der Waals surface area (Å²) in [5.74, 6) is 0.286. The molecule has 1 N–H and O–H groups in total. The zero-order chi connectivity index (χ0) is 12.3. The number of hydrogen-bond acceptors (Lipinski definition) is 4. The largest absolute Gasteiger partial charge is 0.481 e. The Morgan fingerprint density at radius 3 is 2.69 bits per heavy atom. The van der Waals surface area contributed by atoms with Crippen molar-refractivity contribution in [2.24, 2.45) is 0 Å². The molecule has 94 valence electrons. The molecule has 0 aliphatic carbocycles. The van der Waals surface area contributed by atoms with Crippen LogP contribution in [0.15, 0.2) is 0 Å². The molecule has 0 spiro atoms. The number of aliphatic carboxylic acids is 1. The molecular weight excluding hydrogens is 252 g/mol. The van der Waals surface area contributed by atoms with Crippen molar-refractivity contribution in [1.82, 2.24) is 8.61 Å². The Balaban J connectivity index is 2.86. The van der Waals surface area contributed by atoms with Crippen LogP contribution >= 0.6 is 11.8 Å². The second-order valence-electron chi connectivity index (χ2n) is 3.73. The van der Waals surface area contributed by atoms with Gasteiger partial charge in [0.2, 0.25) is 0 Å². The molecule has 0 amide bonds. The number of carbonyl (C=O) groups is 1.